The summed E-state index contributed by atoms with van der Waals surface area (Å²) < 4.78 is 5.48. The van der Waals surface area contributed by atoms with Gasteiger partial charge in [0, 0.05) is 38.6 Å². The number of methoxy groups -OCH3 is 1. The monoisotopic (exact) mass is 289 g/mol. The average molecular weight is 289 g/mol. The summed E-state index contributed by atoms with van der Waals surface area (Å²) in [5, 5.41) is 0. The number of pyridine rings is 1. The molecule has 2 aliphatic heterocycles. The molecule has 3 heterocycles. The van der Waals surface area contributed by atoms with E-state index < -0.39 is 0 Å². The Kier molecular flexibility index (Phi) is 4.57. The molecule has 2 aliphatic rings. The Balaban J connectivity index is 1.69. The summed E-state index contributed by atoms with van der Waals surface area (Å²) in [7, 11) is 4.06. The number of aromatic nitrogens is 1. The van der Waals surface area contributed by atoms with Gasteiger partial charge in [-0.3, -0.25) is 9.88 Å². The minimum atomic E-state index is 0.517. The number of piperidine rings is 1. The van der Waals surface area contributed by atoms with Crippen LogP contribution in [-0.2, 0) is 11.3 Å². The zero-order chi connectivity index (χ0) is 14.7. The number of rotatable bonds is 4. The van der Waals surface area contributed by atoms with E-state index in [-0.39, 0.29) is 0 Å². The Morgan fingerprint density at radius 3 is 2.67 bits per heavy atom. The minimum absolute atomic E-state index is 0.517. The third kappa shape index (κ3) is 3.44. The first-order valence-electron chi connectivity index (χ1n) is 8.01. The van der Waals surface area contributed by atoms with E-state index in [2.05, 4.69) is 34.0 Å². The first-order chi connectivity index (χ1) is 10.2. The van der Waals surface area contributed by atoms with Crippen molar-refractivity contribution in [2.24, 2.45) is 5.41 Å². The first-order valence-corrected chi connectivity index (χ1v) is 8.01. The van der Waals surface area contributed by atoms with Crippen LogP contribution in [0.3, 0.4) is 0 Å². The highest BCUT2D eigenvalue weighted by Crippen LogP contribution is 2.43. The van der Waals surface area contributed by atoms with Crippen LogP contribution in [0.25, 0.3) is 0 Å². The summed E-state index contributed by atoms with van der Waals surface area (Å²) in [6.07, 6.45) is 7.73. The minimum Gasteiger partial charge on any atom is -0.383 e. The normalized spacial score (nSPS) is 26.5. The zero-order valence-electron chi connectivity index (χ0n) is 13.3. The van der Waals surface area contributed by atoms with Crippen molar-refractivity contribution in [3.63, 3.8) is 0 Å². The Labute approximate surface area is 128 Å². The fourth-order valence-electron chi connectivity index (χ4n) is 3.97. The molecule has 0 aromatic carbocycles. The van der Waals surface area contributed by atoms with E-state index in [0.29, 0.717) is 11.5 Å². The van der Waals surface area contributed by atoms with Gasteiger partial charge in [-0.1, -0.05) is 0 Å². The number of hydrogen-bond acceptors (Lipinski definition) is 4. The van der Waals surface area contributed by atoms with E-state index in [0.717, 1.165) is 13.2 Å². The molecule has 0 N–H and O–H groups in total. The van der Waals surface area contributed by atoms with Crippen LogP contribution in [0.1, 0.15) is 24.8 Å². The Bertz CT molecular complexity index is 443. The predicted molar refractivity (Wildman–Crippen MR) is 84.1 cm³/mol. The fraction of sp³-hybridized carbons (Fsp3) is 0.706. The molecule has 2 fully saturated rings. The maximum absolute atomic E-state index is 5.48. The number of ether oxygens (including phenoxy) is 1. The van der Waals surface area contributed by atoms with Gasteiger partial charge in [-0.25, -0.2) is 0 Å². The van der Waals surface area contributed by atoms with E-state index in [1.807, 2.05) is 19.5 Å². The zero-order valence-corrected chi connectivity index (χ0v) is 13.3. The molecule has 0 amide bonds. The van der Waals surface area contributed by atoms with Crippen molar-refractivity contribution in [3.05, 3.63) is 30.1 Å². The van der Waals surface area contributed by atoms with Crippen LogP contribution < -0.4 is 0 Å². The number of likely N-dealkylation sites (tertiary alicyclic amines) is 2. The van der Waals surface area contributed by atoms with Crippen molar-refractivity contribution in [1.29, 1.82) is 0 Å². The lowest BCUT2D eigenvalue weighted by molar-refractivity contribution is 0.111. The van der Waals surface area contributed by atoms with Crippen molar-refractivity contribution < 1.29 is 4.74 Å². The quantitative estimate of drug-likeness (QED) is 0.848. The van der Waals surface area contributed by atoms with Crippen molar-refractivity contribution in [3.8, 4) is 0 Å². The molecule has 116 valence electrons. The second-order valence-electron chi connectivity index (χ2n) is 6.88. The highest BCUT2D eigenvalue weighted by atomic mass is 16.5. The third-order valence-electron chi connectivity index (χ3n) is 5.27. The van der Waals surface area contributed by atoms with E-state index >= 15 is 0 Å². The molecule has 0 bridgehead atoms. The van der Waals surface area contributed by atoms with E-state index in [9.17, 15) is 0 Å². The van der Waals surface area contributed by atoms with Crippen LogP contribution >= 0.6 is 0 Å². The molecule has 1 spiro atoms. The summed E-state index contributed by atoms with van der Waals surface area (Å²) in [6, 6.07) is 4.82. The van der Waals surface area contributed by atoms with E-state index in [1.165, 1.54) is 44.5 Å². The van der Waals surface area contributed by atoms with Gasteiger partial charge in [0.05, 0.1) is 6.61 Å². The molecule has 2 saturated heterocycles. The van der Waals surface area contributed by atoms with Crippen LogP contribution in [0.2, 0.25) is 0 Å². The third-order valence-corrected chi connectivity index (χ3v) is 5.27. The highest BCUT2D eigenvalue weighted by molar-refractivity contribution is 5.11. The van der Waals surface area contributed by atoms with Gasteiger partial charge in [-0.15, -0.1) is 0 Å². The van der Waals surface area contributed by atoms with E-state index in [4.69, 9.17) is 4.74 Å². The van der Waals surface area contributed by atoms with Crippen LogP contribution in [-0.4, -0.2) is 61.2 Å². The molecule has 0 saturated carbocycles. The lowest BCUT2D eigenvalue weighted by atomic mass is 9.77. The van der Waals surface area contributed by atoms with Crippen LogP contribution in [0, 0.1) is 5.41 Å². The molecule has 1 aromatic rings. The number of nitrogens with zero attached hydrogens (tertiary/aromatic N) is 3. The van der Waals surface area contributed by atoms with E-state index in [1.54, 1.807) is 0 Å². The van der Waals surface area contributed by atoms with Gasteiger partial charge in [-0.2, -0.15) is 0 Å². The Morgan fingerprint density at radius 2 is 2.00 bits per heavy atom. The van der Waals surface area contributed by atoms with Crippen molar-refractivity contribution in [1.82, 2.24) is 14.8 Å². The Morgan fingerprint density at radius 1 is 1.29 bits per heavy atom. The molecular formula is C17H27N3O. The van der Waals surface area contributed by atoms with Crippen molar-refractivity contribution in [2.45, 2.75) is 31.8 Å². The highest BCUT2D eigenvalue weighted by Gasteiger charge is 2.44. The second kappa shape index (κ2) is 6.42. The average Bonchev–Trinajstić information content (AvgIpc) is 2.82. The maximum atomic E-state index is 5.48. The summed E-state index contributed by atoms with van der Waals surface area (Å²) >= 11 is 0. The molecule has 1 atom stereocenters. The predicted octanol–water partition coefficient (Wildman–Crippen LogP) is 2.01. The van der Waals surface area contributed by atoms with Crippen LogP contribution in [0.5, 0.6) is 0 Å². The molecule has 1 aromatic heterocycles. The van der Waals surface area contributed by atoms with Crippen molar-refractivity contribution >= 4 is 0 Å². The molecule has 0 radical (unpaired) electrons. The molecule has 21 heavy (non-hydrogen) atoms. The summed E-state index contributed by atoms with van der Waals surface area (Å²) in [5.74, 6) is 0. The van der Waals surface area contributed by atoms with Crippen LogP contribution in [0.15, 0.2) is 24.5 Å². The first kappa shape index (κ1) is 14.9. The van der Waals surface area contributed by atoms with Gasteiger partial charge in [0.1, 0.15) is 0 Å². The van der Waals surface area contributed by atoms with Gasteiger partial charge >= 0.3 is 0 Å². The SMILES string of the molecule is COCC1CC2(CCN(C)CC2)CN1Cc1ccncc1. The fourth-order valence-corrected chi connectivity index (χ4v) is 3.97. The molecular weight excluding hydrogens is 262 g/mol. The topological polar surface area (TPSA) is 28.6 Å². The smallest absolute Gasteiger partial charge is 0.0618 e. The second-order valence-corrected chi connectivity index (χ2v) is 6.88. The van der Waals surface area contributed by atoms with Gasteiger partial charge in [0.15, 0.2) is 0 Å². The molecule has 3 rings (SSSR count). The summed E-state index contributed by atoms with van der Waals surface area (Å²) in [5.41, 5.74) is 1.87. The molecule has 1 unspecified atom stereocenters. The summed E-state index contributed by atoms with van der Waals surface area (Å²) in [6.45, 7) is 5.57. The standard InChI is InChI=1S/C17H27N3O/c1-19-9-5-17(6-10-19)11-16(13-21-2)20(14-17)12-15-3-7-18-8-4-15/h3-4,7-8,16H,5-6,9-14H2,1-2H3. The molecule has 0 aliphatic carbocycles. The molecule has 4 nitrogen and oxygen atoms in total. The molecule has 4 heteroatoms. The van der Waals surface area contributed by atoms with Gasteiger partial charge in [0.25, 0.3) is 0 Å². The largest absolute Gasteiger partial charge is 0.383 e. The lowest BCUT2D eigenvalue weighted by Gasteiger charge is -2.37. The van der Waals surface area contributed by atoms with Gasteiger partial charge in [0.2, 0.25) is 0 Å². The van der Waals surface area contributed by atoms with Crippen molar-refractivity contribution in [2.75, 3.05) is 40.4 Å². The summed E-state index contributed by atoms with van der Waals surface area (Å²) in [4.78, 5) is 9.21. The Hall–Kier alpha value is -0.970. The number of hydrogen-bond donors (Lipinski definition) is 0. The van der Waals surface area contributed by atoms with Gasteiger partial charge < -0.3 is 9.64 Å². The van der Waals surface area contributed by atoms with Crippen LogP contribution in [0.4, 0.5) is 0 Å². The lowest BCUT2D eigenvalue weighted by Crippen LogP contribution is -2.39. The maximum Gasteiger partial charge on any atom is 0.0618 e. The van der Waals surface area contributed by atoms with Gasteiger partial charge in [-0.05, 0) is 62.5 Å².